The lowest BCUT2D eigenvalue weighted by Gasteiger charge is -2.30. The monoisotopic (exact) mass is 342 g/mol. The molecule has 1 saturated heterocycles. The van der Waals surface area contributed by atoms with Crippen molar-refractivity contribution in [3.05, 3.63) is 59.3 Å². The number of oxazole rings is 1. The minimum absolute atomic E-state index is 0.606. The lowest BCUT2D eigenvalue weighted by molar-refractivity contribution is 0.188. The maximum absolute atomic E-state index is 5.92. The molecular formula is C18H19ClN4O. The van der Waals surface area contributed by atoms with Gasteiger partial charge in [-0.2, -0.15) is 5.10 Å². The van der Waals surface area contributed by atoms with Gasteiger partial charge in [-0.3, -0.25) is 10.00 Å². The molecule has 3 heterocycles. The normalized spacial score (nSPS) is 16.5. The molecule has 5 nitrogen and oxygen atoms in total. The van der Waals surface area contributed by atoms with Crippen LogP contribution in [0.1, 0.15) is 30.2 Å². The Bertz CT molecular complexity index is 774. The molecule has 0 unspecified atom stereocenters. The van der Waals surface area contributed by atoms with Crippen LogP contribution in [0.15, 0.2) is 47.3 Å². The predicted molar refractivity (Wildman–Crippen MR) is 92.8 cm³/mol. The first-order valence-corrected chi connectivity index (χ1v) is 8.57. The van der Waals surface area contributed by atoms with E-state index in [1.165, 1.54) is 5.56 Å². The van der Waals surface area contributed by atoms with Crippen molar-refractivity contribution in [2.24, 2.45) is 0 Å². The minimum Gasteiger partial charge on any atom is -0.439 e. The van der Waals surface area contributed by atoms with E-state index in [9.17, 15) is 0 Å². The fourth-order valence-corrected chi connectivity index (χ4v) is 3.36. The number of aromatic nitrogens is 3. The van der Waals surface area contributed by atoms with E-state index in [0.717, 1.165) is 54.7 Å². The molecule has 0 aliphatic carbocycles. The topological polar surface area (TPSA) is 58.0 Å². The van der Waals surface area contributed by atoms with Crippen LogP contribution in [-0.4, -0.2) is 33.2 Å². The number of hydrogen-bond donors (Lipinski definition) is 1. The van der Waals surface area contributed by atoms with Gasteiger partial charge in [0.05, 0.1) is 18.9 Å². The maximum atomic E-state index is 5.92. The van der Waals surface area contributed by atoms with Crippen molar-refractivity contribution in [2.45, 2.75) is 25.3 Å². The Hall–Kier alpha value is -2.11. The molecule has 0 amide bonds. The Kier molecular flexibility index (Phi) is 4.36. The highest BCUT2D eigenvalue weighted by Crippen LogP contribution is 2.28. The number of nitrogens with one attached hydrogen (secondary N) is 1. The van der Waals surface area contributed by atoms with E-state index < -0.39 is 0 Å². The Morgan fingerprint density at radius 1 is 1.17 bits per heavy atom. The van der Waals surface area contributed by atoms with Crippen molar-refractivity contribution in [2.75, 3.05) is 13.1 Å². The van der Waals surface area contributed by atoms with Crippen molar-refractivity contribution < 1.29 is 4.42 Å². The van der Waals surface area contributed by atoms with Crippen LogP contribution in [0.5, 0.6) is 0 Å². The number of halogens is 1. The number of piperidine rings is 1. The molecule has 1 N–H and O–H groups in total. The molecule has 0 radical (unpaired) electrons. The van der Waals surface area contributed by atoms with Crippen molar-refractivity contribution in [3.8, 4) is 11.3 Å². The highest BCUT2D eigenvalue weighted by molar-refractivity contribution is 6.30. The number of rotatable bonds is 4. The zero-order valence-electron chi connectivity index (χ0n) is 13.3. The van der Waals surface area contributed by atoms with Gasteiger partial charge in [0.15, 0.2) is 5.76 Å². The molecular weight excluding hydrogens is 324 g/mol. The molecule has 1 aliphatic heterocycles. The summed E-state index contributed by atoms with van der Waals surface area (Å²) in [7, 11) is 0. The van der Waals surface area contributed by atoms with Gasteiger partial charge in [-0.25, -0.2) is 4.98 Å². The summed E-state index contributed by atoms with van der Waals surface area (Å²) in [6.07, 6.45) is 8.02. The number of nitrogens with zero attached hydrogens (tertiary/aromatic N) is 3. The molecule has 3 aromatic rings. The van der Waals surface area contributed by atoms with Crippen LogP contribution in [0.25, 0.3) is 11.3 Å². The van der Waals surface area contributed by atoms with Gasteiger partial charge in [0.25, 0.3) is 0 Å². The smallest absolute Gasteiger partial charge is 0.209 e. The third kappa shape index (κ3) is 3.37. The summed E-state index contributed by atoms with van der Waals surface area (Å²) >= 11 is 5.92. The van der Waals surface area contributed by atoms with Crippen LogP contribution in [0.3, 0.4) is 0 Å². The Labute approximate surface area is 145 Å². The van der Waals surface area contributed by atoms with Crippen molar-refractivity contribution in [1.29, 1.82) is 0 Å². The Morgan fingerprint density at radius 2 is 1.96 bits per heavy atom. The van der Waals surface area contributed by atoms with Crippen LogP contribution in [-0.2, 0) is 6.54 Å². The highest BCUT2D eigenvalue weighted by atomic mass is 35.5. The van der Waals surface area contributed by atoms with E-state index in [0.29, 0.717) is 5.92 Å². The number of benzene rings is 1. The van der Waals surface area contributed by atoms with Crippen LogP contribution in [0, 0.1) is 0 Å². The average Bonchev–Trinajstić information content (AvgIpc) is 3.28. The third-order valence-electron chi connectivity index (χ3n) is 4.62. The van der Waals surface area contributed by atoms with Gasteiger partial charge in [0.1, 0.15) is 0 Å². The van der Waals surface area contributed by atoms with Crippen LogP contribution in [0.4, 0.5) is 0 Å². The van der Waals surface area contributed by atoms with E-state index >= 15 is 0 Å². The Balaban J connectivity index is 1.36. The van der Waals surface area contributed by atoms with Crippen LogP contribution in [0.2, 0.25) is 5.02 Å². The SMILES string of the molecule is Clc1ccc(-c2cnc(CN3CCC(c4cn[nH]c4)CC3)o2)cc1. The summed E-state index contributed by atoms with van der Waals surface area (Å²) in [6, 6.07) is 7.62. The number of aromatic amines is 1. The van der Waals surface area contributed by atoms with E-state index in [1.54, 1.807) is 6.20 Å². The summed E-state index contributed by atoms with van der Waals surface area (Å²) in [4.78, 5) is 6.82. The van der Waals surface area contributed by atoms with Gasteiger partial charge in [-0.1, -0.05) is 11.6 Å². The summed E-state index contributed by atoms with van der Waals surface area (Å²) in [6.45, 7) is 2.86. The fraction of sp³-hybridized carbons (Fsp3) is 0.333. The first kappa shape index (κ1) is 15.4. The van der Waals surface area contributed by atoms with E-state index in [4.69, 9.17) is 16.0 Å². The molecule has 0 spiro atoms. The number of likely N-dealkylation sites (tertiary alicyclic amines) is 1. The molecule has 0 atom stereocenters. The first-order valence-electron chi connectivity index (χ1n) is 8.19. The molecule has 1 aliphatic rings. The summed E-state index contributed by atoms with van der Waals surface area (Å²) in [5.74, 6) is 2.16. The number of H-pyrrole nitrogens is 1. The second-order valence-electron chi connectivity index (χ2n) is 6.21. The second kappa shape index (κ2) is 6.79. The second-order valence-corrected chi connectivity index (χ2v) is 6.64. The van der Waals surface area contributed by atoms with Gasteiger partial charge in [0.2, 0.25) is 5.89 Å². The number of hydrogen-bond acceptors (Lipinski definition) is 4. The molecule has 24 heavy (non-hydrogen) atoms. The van der Waals surface area contributed by atoms with Gasteiger partial charge in [-0.15, -0.1) is 0 Å². The molecule has 1 aromatic carbocycles. The molecule has 0 bridgehead atoms. The molecule has 6 heteroatoms. The largest absolute Gasteiger partial charge is 0.439 e. The van der Waals surface area contributed by atoms with Crippen molar-refractivity contribution in [3.63, 3.8) is 0 Å². The van der Waals surface area contributed by atoms with Crippen molar-refractivity contribution >= 4 is 11.6 Å². The molecule has 0 saturated carbocycles. The van der Waals surface area contributed by atoms with E-state index in [1.807, 2.05) is 36.7 Å². The fourth-order valence-electron chi connectivity index (χ4n) is 3.23. The molecule has 4 rings (SSSR count). The van der Waals surface area contributed by atoms with Gasteiger partial charge in [0, 0.05) is 16.8 Å². The van der Waals surface area contributed by atoms with Crippen LogP contribution >= 0.6 is 11.6 Å². The lowest BCUT2D eigenvalue weighted by atomic mass is 9.92. The van der Waals surface area contributed by atoms with Gasteiger partial charge in [-0.05, 0) is 61.7 Å². The maximum Gasteiger partial charge on any atom is 0.209 e. The predicted octanol–water partition coefficient (Wildman–Crippen LogP) is 4.10. The summed E-state index contributed by atoms with van der Waals surface area (Å²) in [5.41, 5.74) is 2.31. The summed E-state index contributed by atoms with van der Waals surface area (Å²) < 4.78 is 5.90. The molecule has 2 aromatic heterocycles. The lowest BCUT2D eigenvalue weighted by Crippen LogP contribution is -2.32. The molecule has 124 valence electrons. The standard InChI is InChI=1S/C18H19ClN4O/c19-16-3-1-14(2-4-16)17-11-20-18(24-17)12-23-7-5-13(6-8-23)15-9-21-22-10-15/h1-4,9-11,13H,5-8,12H2,(H,21,22). The summed E-state index contributed by atoms with van der Waals surface area (Å²) in [5, 5.41) is 7.67. The van der Waals surface area contributed by atoms with E-state index in [-0.39, 0.29) is 0 Å². The zero-order chi connectivity index (χ0) is 16.4. The highest BCUT2D eigenvalue weighted by Gasteiger charge is 2.22. The first-order chi connectivity index (χ1) is 11.8. The van der Waals surface area contributed by atoms with Crippen LogP contribution < -0.4 is 0 Å². The minimum atomic E-state index is 0.606. The molecule has 1 fully saturated rings. The third-order valence-corrected chi connectivity index (χ3v) is 4.87. The average molecular weight is 343 g/mol. The van der Waals surface area contributed by atoms with Gasteiger partial charge < -0.3 is 4.42 Å². The zero-order valence-corrected chi connectivity index (χ0v) is 14.0. The van der Waals surface area contributed by atoms with Crippen molar-refractivity contribution in [1.82, 2.24) is 20.1 Å². The quantitative estimate of drug-likeness (QED) is 0.775. The van der Waals surface area contributed by atoms with Gasteiger partial charge >= 0.3 is 0 Å². The Morgan fingerprint density at radius 3 is 2.67 bits per heavy atom. The van der Waals surface area contributed by atoms with E-state index in [2.05, 4.69) is 20.1 Å².